The molecule has 0 amide bonds. The summed E-state index contributed by atoms with van der Waals surface area (Å²) in [5.74, 6) is 2.24. The predicted molar refractivity (Wildman–Crippen MR) is 52.1 cm³/mol. The van der Waals surface area contributed by atoms with Gasteiger partial charge in [0.25, 0.3) is 0 Å². The predicted octanol–water partition coefficient (Wildman–Crippen LogP) is 3.09. The summed E-state index contributed by atoms with van der Waals surface area (Å²) in [6.45, 7) is 11.4. The van der Waals surface area contributed by atoms with Crippen molar-refractivity contribution >= 4 is 0 Å². The van der Waals surface area contributed by atoms with E-state index in [1.54, 1.807) is 0 Å². The SMILES string of the molecule is CCC1O[C@H](C)[C@@H](C)C(C)[C@@H]1C. The monoisotopic (exact) mass is 170 g/mol. The van der Waals surface area contributed by atoms with Crippen molar-refractivity contribution in [2.24, 2.45) is 17.8 Å². The number of ether oxygens (including phenoxy) is 1. The average molecular weight is 170 g/mol. The molecule has 0 N–H and O–H groups in total. The van der Waals surface area contributed by atoms with E-state index in [2.05, 4.69) is 34.6 Å². The van der Waals surface area contributed by atoms with Crippen LogP contribution in [0.15, 0.2) is 0 Å². The Hall–Kier alpha value is -0.0400. The van der Waals surface area contributed by atoms with Crippen LogP contribution in [0.2, 0.25) is 0 Å². The van der Waals surface area contributed by atoms with Crippen molar-refractivity contribution in [1.82, 2.24) is 0 Å². The van der Waals surface area contributed by atoms with Gasteiger partial charge in [0.15, 0.2) is 0 Å². The Morgan fingerprint density at radius 3 is 2.00 bits per heavy atom. The molecular weight excluding hydrogens is 148 g/mol. The Kier molecular flexibility index (Phi) is 3.16. The maximum Gasteiger partial charge on any atom is 0.0604 e. The van der Waals surface area contributed by atoms with Crippen molar-refractivity contribution in [2.75, 3.05) is 0 Å². The summed E-state index contributed by atoms with van der Waals surface area (Å²) in [6.07, 6.45) is 2.09. The molecule has 2 unspecified atom stereocenters. The minimum Gasteiger partial charge on any atom is -0.375 e. The van der Waals surface area contributed by atoms with E-state index < -0.39 is 0 Å². The molecule has 0 bridgehead atoms. The van der Waals surface area contributed by atoms with Crippen LogP contribution in [0.25, 0.3) is 0 Å². The highest BCUT2D eigenvalue weighted by Crippen LogP contribution is 2.35. The summed E-state index contributed by atoms with van der Waals surface area (Å²) >= 11 is 0. The molecule has 0 aromatic rings. The van der Waals surface area contributed by atoms with Gasteiger partial charge in [-0.3, -0.25) is 0 Å². The van der Waals surface area contributed by atoms with Crippen LogP contribution >= 0.6 is 0 Å². The van der Waals surface area contributed by atoms with E-state index in [0.717, 1.165) is 18.3 Å². The molecule has 0 saturated carbocycles. The molecule has 1 rings (SSSR count). The molecule has 1 fully saturated rings. The molecule has 5 atom stereocenters. The van der Waals surface area contributed by atoms with Crippen LogP contribution in [0.3, 0.4) is 0 Å². The Morgan fingerprint density at radius 1 is 0.917 bits per heavy atom. The summed E-state index contributed by atoms with van der Waals surface area (Å²) in [6, 6.07) is 0. The van der Waals surface area contributed by atoms with Gasteiger partial charge in [-0.2, -0.15) is 0 Å². The van der Waals surface area contributed by atoms with Gasteiger partial charge in [0.2, 0.25) is 0 Å². The Bertz CT molecular complexity index is 139. The van der Waals surface area contributed by atoms with Crippen LogP contribution in [-0.2, 0) is 4.74 Å². The van der Waals surface area contributed by atoms with E-state index in [0.29, 0.717) is 18.1 Å². The molecule has 12 heavy (non-hydrogen) atoms. The van der Waals surface area contributed by atoms with Crippen LogP contribution in [0.4, 0.5) is 0 Å². The lowest BCUT2D eigenvalue weighted by molar-refractivity contribution is -0.125. The zero-order chi connectivity index (χ0) is 9.30. The maximum atomic E-state index is 5.93. The van der Waals surface area contributed by atoms with Crippen molar-refractivity contribution in [1.29, 1.82) is 0 Å². The summed E-state index contributed by atoms with van der Waals surface area (Å²) in [5, 5.41) is 0. The fourth-order valence-corrected chi connectivity index (χ4v) is 2.24. The molecule has 0 aromatic carbocycles. The second-order valence-corrected chi connectivity index (χ2v) is 4.37. The molecule has 0 aliphatic carbocycles. The average Bonchev–Trinajstić information content (AvgIpc) is 2.08. The van der Waals surface area contributed by atoms with Crippen LogP contribution in [0.1, 0.15) is 41.0 Å². The van der Waals surface area contributed by atoms with E-state index >= 15 is 0 Å². The van der Waals surface area contributed by atoms with Crippen molar-refractivity contribution < 1.29 is 4.74 Å². The van der Waals surface area contributed by atoms with Gasteiger partial charge < -0.3 is 4.74 Å². The van der Waals surface area contributed by atoms with Crippen molar-refractivity contribution in [3.8, 4) is 0 Å². The Morgan fingerprint density at radius 2 is 1.50 bits per heavy atom. The van der Waals surface area contributed by atoms with Crippen molar-refractivity contribution in [3.63, 3.8) is 0 Å². The quantitative estimate of drug-likeness (QED) is 0.587. The summed E-state index contributed by atoms with van der Waals surface area (Å²) in [7, 11) is 0. The molecule has 1 saturated heterocycles. The fraction of sp³-hybridized carbons (Fsp3) is 1.00. The Labute approximate surface area is 76.5 Å². The molecule has 72 valence electrons. The lowest BCUT2D eigenvalue weighted by Crippen LogP contribution is -2.42. The third-order valence-corrected chi connectivity index (χ3v) is 3.78. The van der Waals surface area contributed by atoms with Gasteiger partial charge in [-0.15, -0.1) is 0 Å². The van der Waals surface area contributed by atoms with Gasteiger partial charge in [0.05, 0.1) is 12.2 Å². The molecular formula is C11H22O. The topological polar surface area (TPSA) is 9.23 Å². The van der Waals surface area contributed by atoms with Crippen molar-refractivity contribution in [2.45, 2.75) is 53.2 Å². The van der Waals surface area contributed by atoms with Crippen LogP contribution < -0.4 is 0 Å². The van der Waals surface area contributed by atoms with E-state index in [4.69, 9.17) is 4.74 Å². The van der Waals surface area contributed by atoms with Gasteiger partial charge in [-0.1, -0.05) is 27.7 Å². The molecule has 1 heteroatoms. The third-order valence-electron chi connectivity index (χ3n) is 3.78. The van der Waals surface area contributed by atoms with Gasteiger partial charge in [-0.25, -0.2) is 0 Å². The molecule has 1 aliphatic rings. The molecule has 1 aliphatic heterocycles. The van der Waals surface area contributed by atoms with Gasteiger partial charge in [-0.05, 0) is 31.1 Å². The van der Waals surface area contributed by atoms with E-state index in [1.807, 2.05) is 0 Å². The van der Waals surface area contributed by atoms with E-state index in [9.17, 15) is 0 Å². The largest absolute Gasteiger partial charge is 0.375 e. The number of hydrogen-bond donors (Lipinski definition) is 0. The van der Waals surface area contributed by atoms with Gasteiger partial charge in [0.1, 0.15) is 0 Å². The highest BCUT2D eigenvalue weighted by atomic mass is 16.5. The van der Waals surface area contributed by atoms with Gasteiger partial charge >= 0.3 is 0 Å². The maximum absolute atomic E-state index is 5.93. The lowest BCUT2D eigenvalue weighted by atomic mass is 9.76. The minimum absolute atomic E-state index is 0.446. The zero-order valence-electron chi connectivity index (χ0n) is 9.00. The fourth-order valence-electron chi connectivity index (χ4n) is 2.24. The third kappa shape index (κ3) is 1.66. The molecule has 1 heterocycles. The highest BCUT2D eigenvalue weighted by Gasteiger charge is 2.35. The van der Waals surface area contributed by atoms with E-state index in [1.165, 1.54) is 0 Å². The Balaban J connectivity index is 2.63. The normalized spacial score (nSPS) is 49.2. The van der Waals surface area contributed by atoms with Gasteiger partial charge in [0, 0.05) is 0 Å². The first kappa shape index (κ1) is 10.0. The number of rotatable bonds is 1. The number of hydrogen-bond acceptors (Lipinski definition) is 1. The lowest BCUT2D eigenvalue weighted by Gasteiger charge is -2.42. The summed E-state index contributed by atoms with van der Waals surface area (Å²) < 4.78 is 5.93. The molecule has 0 aromatic heterocycles. The zero-order valence-corrected chi connectivity index (χ0v) is 9.00. The summed E-state index contributed by atoms with van der Waals surface area (Å²) in [5.41, 5.74) is 0. The molecule has 1 nitrogen and oxygen atoms in total. The first-order chi connectivity index (χ1) is 5.57. The standard InChI is InChI=1S/C11H22O/c1-6-11-9(4)7(2)8(3)10(5)12-11/h7-11H,6H2,1-5H3/t7?,8-,9-,10+,11?/m0/s1. The first-order valence-corrected chi connectivity index (χ1v) is 5.23. The molecule has 0 radical (unpaired) electrons. The van der Waals surface area contributed by atoms with Crippen LogP contribution in [-0.4, -0.2) is 12.2 Å². The molecule has 0 spiro atoms. The van der Waals surface area contributed by atoms with Crippen LogP contribution in [0.5, 0.6) is 0 Å². The van der Waals surface area contributed by atoms with E-state index in [-0.39, 0.29) is 0 Å². The van der Waals surface area contributed by atoms with Crippen molar-refractivity contribution in [3.05, 3.63) is 0 Å². The smallest absolute Gasteiger partial charge is 0.0604 e. The second kappa shape index (κ2) is 3.78. The highest BCUT2D eigenvalue weighted by molar-refractivity contribution is 4.83. The first-order valence-electron chi connectivity index (χ1n) is 5.23. The van der Waals surface area contributed by atoms with Crippen LogP contribution in [0, 0.1) is 17.8 Å². The summed E-state index contributed by atoms with van der Waals surface area (Å²) in [4.78, 5) is 0. The second-order valence-electron chi connectivity index (χ2n) is 4.37. The minimum atomic E-state index is 0.446.